The van der Waals surface area contributed by atoms with Crippen molar-refractivity contribution >= 4 is 45.5 Å². The zero-order chi connectivity index (χ0) is 22.2. The molecule has 0 aliphatic heterocycles. The van der Waals surface area contributed by atoms with E-state index in [1.54, 1.807) is 19.1 Å². The number of benzene rings is 2. The Kier molecular flexibility index (Phi) is 8.01. The molecule has 164 valence electrons. The van der Waals surface area contributed by atoms with Crippen LogP contribution in [0.2, 0.25) is 0 Å². The summed E-state index contributed by atoms with van der Waals surface area (Å²) in [5.41, 5.74) is 0.936. The van der Waals surface area contributed by atoms with Crippen LogP contribution in [0, 0.1) is 0 Å². The first kappa shape index (κ1) is 22.8. The van der Waals surface area contributed by atoms with Gasteiger partial charge in [0, 0.05) is 0 Å². The second-order valence-electron chi connectivity index (χ2n) is 6.05. The molecule has 0 saturated carbocycles. The Balaban J connectivity index is 1.61. The number of ether oxygens (including phenoxy) is 2. The van der Waals surface area contributed by atoms with Crippen LogP contribution < -0.4 is 20.1 Å². The fourth-order valence-electron chi connectivity index (χ4n) is 2.48. The summed E-state index contributed by atoms with van der Waals surface area (Å²) < 4.78 is 35.7. The highest BCUT2D eigenvalue weighted by molar-refractivity contribution is 8.02. The van der Waals surface area contributed by atoms with Crippen molar-refractivity contribution in [1.82, 2.24) is 10.2 Å². The first-order valence-corrected chi connectivity index (χ1v) is 11.0. The van der Waals surface area contributed by atoms with Crippen LogP contribution in [0.1, 0.15) is 13.8 Å². The number of anilines is 3. The summed E-state index contributed by atoms with van der Waals surface area (Å²) in [6.45, 7) is 1.15. The van der Waals surface area contributed by atoms with Crippen LogP contribution in [-0.2, 0) is 4.79 Å². The van der Waals surface area contributed by atoms with Gasteiger partial charge < -0.3 is 20.1 Å². The highest BCUT2D eigenvalue weighted by Gasteiger charge is 2.19. The fourth-order valence-corrected chi connectivity index (χ4v) is 4.39. The van der Waals surface area contributed by atoms with E-state index in [-0.39, 0.29) is 17.3 Å². The maximum Gasteiger partial charge on any atom is 0.387 e. The zero-order valence-corrected chi connectivity index (χ0v) is 18.3. The molecule has 1 aromatic heterocycles. The number of hydrogen-bond donors (Lipinski definition) is 2. The Morgan fingerprint density at radius 3 is 2.48 bits per heavy atom. The van der Waals surface area contributed by atoms with Crippen LogP contribution in [0.5, 0.6) is 11.5 Å². The van der Waals surface area contributed by atoms with Crippen molar-refractivity contribution in [3.63, 3.8) is 0 Å². The summed E-state index contributed by atoms with van der Waals surface area (Å²) in [6, 6.07) is 13.5. The number of carbonyl (C=O) groups excluding carboxylic acids is 1. The van der Waals surface area contributed by atoms with Crippen molar-refractivity contribution in [1.29, 1.82) is 0 Å². The highest BCUT2D eigenvalue weighted by atomic mass is 32.2. The number of nitrogens with one attached hydrogen (secondary N) is 2. The van der Waals surface area contributed by atoms with E-state index < -0.39 is 11.9 Å². The smallest absolute Gasteiger partial charge is 0.387 e. The molecule has 7 nitrogen and oxygen atoms in total. The third-order valence-electron chi connectivity index (χ3n) is 3.84. The molecule has 1 heterocycles. The number of thioether (sulfide) groups is 1. The molecule has 3 aromatic rings. The van der Waals surface area contributed by atoms with Gasteiger partial charge in [-0.3, -0.25) is 4.79 Å². The summed E-state index contributed by atoms with van der Waals surface area (Å²) in [5, 5.41) is 14.0. The number of para-hydroxylation sites is 4. The predicted molar refractivity (Wildman–Crippen MR) is 118 cm³/mol. The normalized spacial score (nSPS) is 11.8. The van der Waals surface area contributed by atoms with Crippen LogP contribution in [0.15, 0.2) is 52.9 Å². The molecule has 2 N–H and O–H groups in total. The molecule has 2 aromatic carbocycles. The topological polar surface area (TPSA) is 85.4 Å². The molecule has 11 heteroatoms. The molecule has 0 bridgehead atoms. The van der Waals surface area contributed by atoms with E-state index in [0.717, 1.165) is 5.69 Å². The van der Waals surface area contributed by atoms with E-state index in [1.165, 1.54) is 35.2 Å². The van der Waals surface area contributed by atoms with Crippen molar-refractivity contribution in [3.05, 3.63) is 48.5 Å². The number of nitrogens with zero attached hydrogens (tertiary/aromatic N) is 2. The van der Waals surface area contributed by atoms with E-state index in [0.29, 0.717) is 21.8 Å². The lowest BCUT2D eigenvalue weighted by atomic mass is 10.3. The van der Waals surface area contributed by atoms with Gasteiger partial charge in [0.2, 0.25) is 11.0 Å². The van der Waals surface area contributed by atoms with Gasteiger partial charge in [0.1, 0.15) is 11.5 Å². The molecule has 0 radical (unpaired) electrons. The molecule has 0 aliphatic rings. The molecule has 0 spiro atoms. The Labute approximate surface area is 186 Å². The van der Waals surface area contributed by atoms with Gasteiger partial charge in [-0.05, 0) is 38.1 Å². The largest absolute Gasteiger partial charge is 0.492 e. The summed E-state index contributed by atoms with van der Waals surface area (Å²) in [5.74, 6) is 0.229. The van der Waals surface area contributed by atoms with Gasteiger partial charge >= 0.3 is 6.61 Å². The van der Waals surface area contributed by atoms with Gasteiger partial charge in [-0.25, -0.2) is 0 Å². The maximum absolute atomic E-state index is 12.5. The van der Waals surface area contributed by atoms with Crippen molar-refractivity contribution in [2.24, 2.45) is 0 Å². The zero-order valence-electron chi connectivity index (χ0n) is 16.7. The van der Waals surface area contributed by atoms with E-state index in [4.69, 9.17) is 4.74 Å². The van der Waals surface area contributed by atoms with Crippen molar-refractivity contribution in [2.75, 3.05) is 17.2 Å². The van der Waals surface area contributed by atoms with Crippen molar-refractivity contribution in [3.8, 4) is 11.5 Å². The molecule has 0 aliphatic carbocycles. The standard InChI is InChI=1S/C20H20F2N4O3S2/c1-3-28-15-10-6-4-8-13(15)24-19-25-26-20(31-19)30-12(2)17(27)23-14-9-5-7-11-16(14)29-18(21)22/h4-12,18H,3H2,1-2H3,(H,23,27)(H,24,25). The van der Waals surface area contributed by atoms with E-state index in [2.05, 4.69) is 25.6 Å². The maximum atomic E-state index is 12.5. The Hall–Kier alpha value is -2.92. The SMILES string of the molecule is CCOc1ccccc1Nc1nnc(SC(C)C(=O)Nc2ccccc2OC(F)F)s1. The lowest BCUT2D eigenvalue weighted by Crippen LogP contribution is -2.23. The summed E-state index contributed by atoms with van der Waals surface area (Å²) >= 11 is 2.50. The Morgan fingerprint density at radius 2 is 1.77 bits per heavy atom. The van der Waals surface area contributed by atoms with Gasteiger partial charge in [-0.1, -0.05) is 47.4 Å². The second-order valence-corrected chi connectivity index (χ2v) is 8.62. The number of carbonyl (C=O) groups is 1. The van der Waals surface area contributed by atoms with E-state index in [9.17, 15) is 13.6 Å². The average Bonchev–Trinajstić information content (AvgIpc) is 3.17. The van der Waals surface area contributed by atoms with Crippen LogP contribution in [-0.4, -0.2) is 34.6 Å². The highest BCUT2D eigenvalue weighted by Crippen LogP contribution is 2.34. The molecule has 1 amide bonds. The summed E-state index contributed by atoms with van der Waals surface area (Å²) in [6.07, 6.45) is 0. The lowest BCUT2D eigenvalue weighted by molar-refractivity contribution is -0.115. The van der Waals surface area contributed by atoms with Crippen LogP contribution in [0.3, 0.4) is 0 Å². The minimum Gasteiger partial charge on any atom is -0.492 e. The van der Waals surface area contributed by atoms with E-state index in [1.807, 2.05) is 31.2 Å². The van der Waals surface area contributed by atoms with Crippen LogP contribution >= 0.6 is 23.1 Å². The number of halogens is 2. The Morgan fingerprint density at radius 1 is 1.10 bits per heavy atom. The monoisotopic (exact) mass is 466 g/mol. The third-order valence-corrected chi connectivity index (χ3v) is 5.87. The number of alkyl halides is 2. The second kappa shape index (κ2) is 10.9. The molecule has 0 saturated heterocycles. The van der Waals surface area contributed by atoms with Gasteiger partial charge in [-0.15, -0.1) is 10.2 Å². The minimum absolute atomic E-state index is 0.0987. The molecule has 0 fully saturated rings. The number of rotatable bonds is 10. The van der Waals surface area contributed by atoms with Gasteiger partial charge in [0.05, 0.1) is 23.2 Å². The average molecular weight is 467 g/mol. The summed E-state index contributed by atoms with van der Waals surface area (Å²) in [7, 11) is 0. The van der Waals surface area contributed by atoms with Gasteiger partial charge in [0.25, 0.3) is 0 Å². The predicted octanol–water partition coefficient (Wildman–Crippen LogP) is 5.40. The minimum atomic E-state index is -2.98. The number of hydrogen-bond acceptors (Lipinski definition) is 8. The molecule has 3 rings (SSSR count). The molecular weight excluding hydrogens is 446 g/mol. The quantitative estimate of drug-likeness (QED) is 0.387. The number of aromatic nitrogens is 2. The molecule has 1 unspecified atom stereocenters. The fraction of sp³-hybridized carbons (Fsp3) is 0.250. The summed E-state index contributed by atoms with van der Waals surface area (Å²) in [4.78, 5) is 12.5. The molecule has 31 heavy (non-hydrogen) atoms. The van der Waals surface area contributed by atoms with E-state index >= 15 is 0 Å². The third kappa shape index (κ3) is 6.53. The Bertz CT molecular complexity index is 1020. The van der Waals surface area contributed by atoms with Gasteiger partial charge in [-0.2, -0.15) is 8.78 Å². The van der Waals surface area contributed by atoms with Crippen molar-refractivity contribution in [2.45, 2.75) is 30.0 Å². The first-order valence-electron chi connectivity index (χ1n) is 9.30. The lowest BCUT2D eigenvalue weighted by Gasteiger charge is -2.14. The first-order chi connectivity index (χ1) is 15.0. The van der Waals surface area contributed by atoms with Crippen molar-refractivity contribution < 1.29 is 23.0 Å². The molecule has 1 atom stereocenters. The van der Waals surface area contributed by atoms with Crippen LogP contribution in [0.4, 0.5) is 25.3 Å². The molecular formula is C20H20F2N4O3S2. The van der Waals surface area contributed by atoms with Gasteiger partial charge in [0.15, 0.2) is 4.34 Å². The number of amides is 1. The van der Waals surface area contributed by atoms with Crippen LogP contribution in [0.25, 0.3) is 0 Å².